The Kier molecular flexibility index (Phi) is 5.54. The minimum Gasteiger partial charge on any atom is -0.382 e. The molecule has 1 heterocycles. The molecule has 0 spiro atoms. The maximum Gasteiger partial charge on any atom is 0.265 e. The van der Waals surface area contributed by atoms with Gasteiger partial charge in [0.1, 0.15) is 10.7 Å². The van der Waals surface area contributed by atoms with Crippen LogP contribution in [-0.4, -0.2) is 34.5 Å². The lowest BCUT2D eigenvalue weighted by Gasteiger charge is -2.12. The summed E-state index contributed by atoms with van der Waals surface area (Å²) in [6.07, 6.45) is 3.32. The van der Waals surface area contributed by atoms with Crippen LogP contribution in [0.15, 0.2) is 0 Å². The van der Waals surface area contributed by atoms with Gasteiger partial charge in [-0.25, -0.2) is 4.98 Å². The summed E-state index contributed by atoms with van der Waals surface area (Å²) in [4.78, 5) is 16.9. The third-order valence-electron chi connectivity index (χ3n) is 3.04. The molecule has 1 amide bonds. The minimum absolute atomic E-state index is 0.113. The number of thioether (sulfide) groups is 1. The highest BCUT2D eigenvalue weighted by atomic mass is 32.2. The van der Waals surface area contributed by atoms with E-state index in [1.165, 1.54) is 24.2 Å². The number of thiazole rings is 1. The Morgan fingerprint density at radius 2 is 2.35 bits per heavy atom. The summed E-state index contributed by atoms with van der Waals surface area (Å²) in [7, 11) is 0. The average Bonchev–Trinajstić information content (AvgIpc) is 3.11. The molecule has 1 atom stereocenters. The number of hydrogen-bond donors (Lipinski definition) is 3. The quantitative estimate of drug-likeness (QED) is 0.643. The summed E-state index contributed by atoms with van der Waals surface area (Å²) in [6, 6.07) is 0.671. The molecule has 0 aromatic carbocycles. The van der Waals surface area contributed by atoms with Gasteiger partial charge in [0.05, 0.1) is 0 Å². The van der Waals surface area contributed by atoms with Crippen molar-refractivity contribution in [2.45, 2.75) is 45.2 Å². The first-order valence-electron chi connectivity index (χ1n) is 7.01. The second-order valence-corrected chi connectivity index (χ2v) is 7.41. The van der Waals surface area contributed by atoms with Gasteiger partial charge in [-0.3, -0.25) is 4.79 Å². The first kappa shape index (κ1) is 15.4. The highest BCUT2D eigenvalue weighted by Gasteiger charge is 2.24. The van der Waals surface area contributed by atoms with E-state index in [2.05, 4.69) is 22.5 Å². The topological polar surface area (TPSA) is 80.0 Å². The Morgan fingerprint density at radius 3 is 3.00 bits per heavy atom. The molecule has 0 saturated heterocycles. The predicted molar refractivity (Wildman–Crippen MR) is 87.7 cm³/mol. The number of nitrogens with one attached hydrogen (secondary N) is 2. The first-order valence-corrected chi connectivity index (χ1v) is 8.98. The molecule has 2 rings (SSSR count). The van der Waals surface area contributed by atoms with Gasteiger partial charge in [-0.1, -0.05) is 18.3 Å². The molecule has 7 heteroatoms. The summed E-state index contributed by atoms with van der Waals surface area (Å²) >= 11 is 3.23. The van der Waals surface area contributed by atoms with E-state index in [1.54, 1.807) is 0 Å². The predicted octanol–water partition coefficient (Wildman–Crippen LogP) is 2.56. The zero-order valence-electron chi connectivity index (χ0n) is 11.9. The lowest BCUT2D eigenvalue weighted by atomic mass is 10.2. The number of aromatic nitrogens is 1. The number of nitrogens with two attached hydrogens (primary N) is 1. The van der Waals surface area contributed by atoms with Gasteiger partial charge in [0.15, 0.2) is 5.13 Å². The minimum atomic E-state index is -0.113. The molecule has 0 bridgehead atoms. The number of nitrogens with zero attached hydrogens (tertiary/aromatic N) is 1. The molecule has 1 aliphatic rings. The van der Waals surface area contributed by atoms with Crippen molar-refractivity contribution in [3.63, 3.8) is 0 Å². The highest BCUT2D eigenvalue weighted by Crippen LogP contribution is 2.30. The van der Waals surface area contributed by atoms with Crippen LogP contribution in [0.3, 0.4) is 0 Å². The van der Waals surface area contributed by atoms with Gasteiger partial charge in [-0.2, -0.15) is 11.8 Å². The molecule has 1 saturated carbocycles. The molecule has 1 unspecified atom stereocenters. The first-order chi connectivity index (χ1) is 9.60. The Bertz CT molecular complexity index is 459. The number of carbonyl (C=O) groups is 1. The van der Waals surface area contributed by atoms with E-state index in [9.17, 15) is 4.79 Å². The average molecular weight is 314 g/mol. The van der Waals surface area contributed by atoms with Crippen LogP contribution in [0.2, 0.25) is 0 Å². The number of hydrogen-bond acceptors (Lipinski definition) is 6. The van der Waals surface area contributed by atoms with Crippen LogP contribution in [0.25, 0.3) is 0 Å². The van der Waals surface area contributed by atoms with Gasteiger partial charge in [0.2, 0.25) is 0 Å². The van der Waals surface area contributed by atoms with E-state index < -0.39 is 0 Å². The normalized spacial score (nSPS) is 15.9. The highest BCUT2D eigenvalue weighted by molar-refractivity contribution is 7.99. The maximum atomic E-state index is 12.2. The maximum absolute atomic E-state index is 12.2. The standard InChI is InChI=1S/C13H22N4OS2/c1-3-19-7-6-8(2)15-12(18)10-11(14)17-13(20-10)16-9-4-5-9/h8-9H,3-7,14H2,1-2H3,(H,15,18)(H,16,17). The molecular weight excluding hydrogens is 292 g/mol. The molecule has 0 aliphatic heterocycles. The van der Waals surface area contributed by atoms with E-state index in [1.807, 2.05) is 18.7 Å². The number of amides is 1. The van der Waals surface area contributed by atoms with Crippen molar-refractivity contribution >= 4 is 40.0 Å². The Morgan fingerprint density at radius 1 is 1.60 bits per heavy atom. The van der Waals surface area contributed by atoms with Crippen LogP contribution in [0, 0.1) is 0 Å². The fourth-order valence-electron chi connectivity index (χ4n) is 1.72. The van der Waals surface area contributed by atoms with E-state index >= 15 is 0 Å². The second kappa shape index (κ2) is 7.17. The number of anilines is 2. The molecular formula is C13H22N4OS2. The van der Waals surface area contributed by atoms with Crippen molar-refractivity contribution in [2.75, 3.05) is 22.6 Å². The van der Waals surface area contributed by atoms with Crippen molar-refractivity contribution in [3.05, 3.63) is 4.88 Å². The van der Waals surface area contributed by atoms with Gasteiger partial charge < -0.3 is 16.4 Å². The van der Waals surface area contributed by atoms with Gasteiger partial charge in [0, 0.05) is 12.1 Å². The van der Waals surface area contributed by atoms with Crippen molar-refractivity contribution in [3.8, 4) is 0 Å². The van der Waals surface area contributed by atoms with Crippen LogP contribution in [-0.2, 0) is 0 Å². The summed E-state index contributed by atoms with van der Waals surface area (Å²) in [6.45, 7) is 4.16. The van der Waals surface area contributed by atoms with Crippen LogP contribution in [0.1, 0.15) is 42.8 Å². The summed E-state index contributed by atoms with van der Waals surface area (Å²) in [5.74, 6) is 2.38. The molecule has 112 valence electrons. The smallest absolute Gasteiger partial charge is 0.265 e. The Balaban J connectivity index is 1.85. The fourth-order valence-corrected chi connectivity index (χ4v) is 3.40. The van der Waals surface area contributed by atoms with Crippen LogP contribution in [0.4, 0.5) is 10.9 Å². The lowest BCUT2D eigenvalue weighted by molar-refractivity contribution is 0.0944. The molecule has 0 radical (unpaired) electrons. The lowest BCUT2D eigenvalue weighted by Crippen LogP contribution is -2.32. The van der Waals surface area contributed by atoms with Crippen molar-refractivity contribution in [1.82, 2.24) is 10.3 Å². The van der Waals surface area contributed by atoms with Gasteiger partial charge in [0.25, 0.3) is 5.91 Å². The molecule has 5 nitrogen and oxygen atoms in total. The number of nitrogen functional groups attached to an aromatic ring is 1. The van der Waals surface area contributed by atoms with E-state index in [0.29, 0.717) is 16.7 Å². The van der Waals surface area contributed by atoms with E-state index in [0.717, 1.165) is 23.1 Å². The summed E-state index contributed by atoms with van der Waals surface area (Å²) in [5, 5.41) is 7.01. The molecule has 1 aromatic rings. The summed E-state index contributed by atoms with van der Waals surface area (Å²) < 4.78 is 0. The van der Waals surface area contributed by atoms with Crippen LogP contribution in [0.5, 0.6) is 0 Å². The third kappa shape index (κ3) is 4.56. The monoisotopic (exact) mass is 314 g/mol. The Labute approximate surface area is 128 Å². The van der Waals surface area contributed by atoms with Crippen LogP contribution < -0.4 is 16.4 Å². The summed E-state index contributed by atoms with van der Waals surface area (Å²) in [5.41, 5.74) is 5.83. The largest absolute Gasteiger partial charge is 0.382 e. The zero-order chi connectivity index (χ0) is 14.5. The second-order valence-electron chi connectivity index (χ2n) is 5.01. The van der Waals surface area contributed by atoms with Crippen molar-refractivity contribution < 1.29 is 4.79 Å². The third-order valence-corrected chi connectivity index (χ3v) is 4.98. The Hall–Kier alpha value is -0.950. The number of carbonyl (C=O) groups excluding carboxylic acids is 1. The molecule has 1 fully saturated rings. The van der Waals surface area contributed by atoms with Gasteiger partial charge in [-0.15, -0.1) is 0 Å². The molecule has 20 heavy (non-hydrogen) atoms. The van der Waals surface area contributed by atoms with Gasteiger partial charge in [-0.05, 0) is 37.7 Å². The van der Waals surface area contributed by atoms with E-state index in [-0.39, 0.29) is 11.9 Å². The van der Waals surface area contributed by atoms with Crippen molar-refractivity contribution in [2.24, 2.45) is 0 Å². The molecule has 1 aliphatic carbocycles. The number of rotatable bonds is 8. The SMILES string of the molecule is CCSCCC(C)NC(=O)c1sc(NC2CC2)nc1N. The zero-order valence-corrected chi connectivity index (χ0v) is 13.6. The van der Waals surface area contributed by atoms with Gasteiger partial charge >= 0.3 is 0 Å². The van der Waals surface area contributed by atoms with Crippen molar-refractivity contribution in [1.29, 1.82) is 0 Å². The van der Waals surface area contributed by atoms with Crippen LogP contribution >= 0.6 is 23.1 Å². The van der Waals surface area contributed by atoms with E-state index in [4.69, 9.17) is 5.73 Å². The molecule has 4 N–H and O–H groups in total. The molecule has 1 aromatic heterocycles. The fraction of sp³-hybridized carbons (Fsp3) is 0.692.